The molecule has 0 aliphatic carbocycles. The van der Waals surface area contributed by atoms with Crippen molar-refractivity contribution in [2.24, 2.45) is 0 Å². The smallest absolute Gasteiger partial charge is 0.313 e. The van der Waals surface area contributed by atoms with E-state index in [4.69, 9.17) is 4.74 Å². The van der Waals surface area contributed by atoms with Gasteiger partial charge < -0.3 is 15.4 Å². The van der Waals surface area contributed by atoms with Crippen LogP contribution in [-0.2, 0) is 16.0 Å². The van der Waals surface area contributed by atoms with E-state index < -0.39 is 11.8 Å². The highest BCUT2D eigenvalue weighted by Crippen LogP contribution is 2.26. The predicted octanol–water partition coefficient (Wildman–Crippen LogP) is 4.55. The maximum Gasteiger partial charge on any atom is 0.313 e. The minimum absolute atomic E-state index is 0.351. The molecule has 0 radical (unpaired) electrons. The number of benzene rings is 2. The third kappa shape index (κ3) is 6.12. The van der Waals surface area contributed by atoms with Crippen molar-refractivity contribution in [1.29, 1.82) is 0 Å². The van der Waals surface area contributed by atoms with Crippen LogP contribution in [0.2, 0.25) is 0 Å². The van der Waals surface area contributed by atoms with Crippen LogP contribution in [-0.4, -0.2) is 18.4 Å². The topological polar surface area (TPSA) is 67.4 Å². The minimum Gasteiger partial charge on any atom is -0.494 e. The molecule has 0 saturated carbocycles. The normalized spacial score (nSPS) is 11.6. The van der Waals surface area contributed by atoms with Crippen molar-refractivity contribution in [2.45, 2.75) is 53.0 Å². The number of unbranched alkanes of at least 4 members (excludes halogenated alkanes) is 1. The molecule has 1 atom stereocenters. The summed E-state index contributed by atoms with van der Waals surface area (Å²) in [6.45, 7) is 8.41. The minimum atomic E-state index is -0.682. The number of carbonyl (C=O) groups is 2. The first kappa shape index (κ1) is 21.5. The molecule has 0 aliphatic heterocycles. The van der Waals surface area contributed by atoms with Crippen LogP contribution < -0.4 is 15.4 Å². The molecule has 0 fully saturated rings. The van der Waals surface area contributed by atoms with Crippen LogP contribution in [0.4, 0.5) is 5.69 Å². The largest absolute Gasteiger partial charge is 0.494 e. The summed E-state index contributed by atoms with van der Waals surface area (Å²) in [5.41, 5.74) is 3.75. The molecule has 0 aliphatic rings. The quantitative estimate of drug-likeness (QED) is 0.658. The monoisotopic (exact) mass is 382 g/mol. The maximum absolute atomic E-state index is 12.3. The van der Waals surface area contributed by atoms with E-state index >= 15 is 0 Å². The Morgan fingerprint density at radius 3 is 2.39 bits per heavy atom. The highest BCUT2D eigenvalue weighted by atomic mass is 16.5. The van der Waals surface area contributed by atoms with Crippen molar-refractivity contribution in [3.8, 4) is 5.75 Å². The average Bonchev–Trinajstić information content (AvgIpc) is 2.68. The molecule has 2 amide bonds. The van der Waals surface area contributed by atoms with Crippen molar-refractivity contribution in [3.63, 3.8) is 0 Å². The fourth-order valence-corrected chi connectivity index (χ4v) is 2.96. The Balaban J connectivity index is 1.98. The van der Waals surface area contributed by atoms with E-state index in [1.54, 1.807) is 0 Å². The molecule has 0 saturated heterocycles. The zero-order valence-corrected chi connectivity index (χ0v) is 17.2. The second-order valence-corrected chi connectivity index (χ2v) is 6.92. The lowest BCUT2D eigenvalue weighted by atomic mass is 10.0. The standard InChI is InChI=1S/C23H30N2O3/c1-5-7-8-18-10-12-19(13-11-18)25-23(27)22(26)24-17(4)20-15-16(3)9-14-21(20)28-6-2/h9-15,17H,5-8H2,1-4H3,(H,24,26)(H,25,27). The molecule has 0 bridgehead atoms. The molecule has 2 rings (SSSR count). The van der Waals surface area contributed by atoms with Crippen molar-refractivity contribution in [2.75, 3.05) is 11.9 Å². The molecule has 0 heterocycles. The fraction of sp³-hybridized carbons (Fsp3) is 0.391. The molecule has 0 spiro atoms. The van der Waals surface area contributed by atoms with Crippen LogP contribution in [0.25, 0.3) is 0 Å². The van der Waals surface area contributed by atoms with Gasteiger partial charge in [0.15, 0.2) is 0 Å². The first-order valence-corrected chi connectivity index (χ1v) is 9.88. The van der Waals surface area contributed by atoms with Gasteiger partial charge in [0.2, 0.25) is 0 Å². The summed E-state index contributed by atoms with van der Waals surface area (Å²) >= 11 is 0. The highest BCUT2D eigenvalue weighted by molar-refractivity contribution is 6.39. The van der Waals surface area contributed by atoms with Gasteiger partial charge >= 0.3 is 11.8 Å². The van der Waals surface area contributed by atoms with Gasteiger partial charge in [-0.1, -0.05) is 43.2 Å². The second kappa shape index (κ2) is 10.5. The first-order chi connectivity index (χ1) is 13.4. The third-order valence-corrected chi connectivity index (χ3v) is 4.52. The van der Waals surface area contributed by atoms with Gasteiger partial charge in [0.05, 0.1) is 12.6 Å². The summed E-state index contributed by atoms with van der Waals surface area (Å²) in [6.07, 6.45) is 3.29. The molecule has 2 N–H and O–H groups in total. The summed E-state index contributed by atoms with van der Waals surface area (Å²) in [7, 11) is 0. The van der Waals surface area contributed by atoms with E-state index in [2.05, 4.69) is 17.6 Å². The second-order valence-electron chi connectivity index (χ2n) is 6.92. The van der Waals surface area contributed by atoms with E-state index in [0.29, 0.717) is 18.0 Å². The number of amides is 2. The van der Waals surface area contributed by atoms with Crippen LogP contribution in [0, 0.1) is 6.92 Å². The third-order valence-electron chi connectivity index (χ3n) is 4.52. The Morgan fingerprint density at radius 2 is 1.75 bits per heavy atom. The number of ether oxygens (including phenoxy) is 1. The number of carbonyl (C=O) groups excluding carboxylic acids is 2. The lowest BCUT2D eigenvalue weighted by Gasteiger charge is -2.18. The summed E-state index contributed by atoms with van der Waals surface area (Å²) < 4.78 is 5.64. The molecule has 0 aromatic heterocycles. The highest BCUT2D eigenvalue weighted by Gasteiger charge is 2.19. The lowest BCUT2D eigenvalue weighted by molar-refractivity contribution is -0.136. The lowest BCUT2D eigenvalue weighted by Crippen LogP contribution is -2.37. The fourth-order valence-electron chi connectivity index (χ4n) is 2.96. The van der Waals surface area contributed by atoms with Gasteiger partial charge in [-0.3, -0.25) is 9.59 Å². The Kier molecular flexibility index (Phi) is 8.05. The van der Waals surface area contributed by atoms with Crippen molar-refractivity contribution in [3.05, 3.63) is 59.2 Å². The Labute approximate surface area is 167 Å². The molecule has 28 heavy (non-hydrogen) atoms. The summed E-state index contributed by atoms with van der Waals surface area (Å²) in [5, 5.41) is 5.40. The SMILES string of the molecule is CCCCc1ccc(NC(=O)C(=O)NC(C)c2cc(C)ccc2OCC)cc1. The number of aryl methyl sites for hydroxylation is 2. The van der Waals surface area contributed by atoms with Gasteiger partial charge in [-0.2, -0.15) is 0 Å². The molecule has 2 aromatic carbocycles. The number of nitrogens with one attached hydrogen (secondary N) is 2. The van der Waals surface area contributed by atoms with Gasteiger partial charge in [-0.05, 0) is 57.4 Å². The van der Waals surface area contributed by atoms with Gasteiger partial charge in [-0.15, -0.1) is 0 Å². The van der Waals surface area contributed by atoms with Crippen molar-refractivity contribution in [1.82, 2.24) is 5.32 Å². The van der Waals surface area contributed by atoms with Crippen LogP contribution in [0.1, 0.15) is 56.3 Å². The van der Waals surface area contributed by atoms with Gasteiger partial charge in [0.1, 0.15) is 5.75 Å². The number of rotatable bonds is 8. The van der Waals surface area contributed by atoms with Crippen LogP contribution in [0.15, 0.2) is 42.5 Å². The maximum atomic E-state index is 12.3. The van der Waals surface area contributed by atoms with E-state index in [9.17, 15) is 9.59 Å². The Hall–Kier alpha value is -2.82. The summed E-state index contributed by atoms with van der Waals surface area (Å²) in [4.78, 5) is 24.6. The van der Waals surface area contributed by atoms with E-state index in [0.717, 1.165) is 30.4 Å². The molecular weight excluding hydrogens is 352 g/mol. The zero-order chi connectivity index (χ0) is 20.5. The van der Waals surface area contributed by atoms with Gasteiger partial charge in [-0.25, -0.2) is 0 Å². The van der Waals surface area contributed by atoms with Crippen molar-refractivity contribution >= 4 is 17.5 Å². The molecule has 5 heteroatoms. The molecule has 5 nitrogen and oxygen atoms in total. The Bertz CT molecular complexity index is 800. The Morgan fingerprint density at radius 1 is 1.04 bits per heavy atom. The average molecular weight is 383 g/mol. The van der Waals surface area contributed by atoms with Gasteiger partial charge in [0, 0.05) is 11.3 Å². The van der Waals surface area contributed by atoms with E-state index in [1.807, 2.05) is 63.2 Å². The van der Waals surface area contributed by atoms with Gasteiger partial charge in [0.25, 0.3) is 0 Å². The first-order valence-electron chi connectivity index (χ1n) is 9.88. The van der Waals surface area contributed by atoms with Crippen LogP contribution in [0.3, 0.4) is 0 Å². The zero-order valence-electron chi connectivity index (χ0n) is 17.2. The number of hydrogen-bond donors (Lipinski definition) is 2. The number of anilines is 1. The summed E-state index contributed by atoms with van der Waals surface area (Å²) in [5.74, 6) is -0.644. The summed E-state index contributed by atoms with van der Waals surface area (Å²) in [6, 6.07) is 13.1. The van der Waals surface area contributed by atoms with Crippen LogP contribution >= 0.6 is 0 Å². The molecule has 150 valence electrons. The van der Waals surface area contributed by atoms with Crippen LogP contribution in [0.5, 0.6) is 5.75 Å². The molecule has 2 aromatic rings. The van der Waals surface area contributed by atoms with E-state index in [1.165, 1.54) is 5.56 Å². The predicted molar refractivity (Wildman–Crippen MR) is 113 cm³/mol. The van der Waals surface area contributed by atoms with Crippen molar-refractivity contribution < 1.29 is 14.3 Å². The molecular formula is C23H30N2O3. The molecule has 1 unspecified atom stereocenters. The number of hydrogen-bond acceptors (Lipinski definition) is 3. The van der Waals surface area contributed by atoms with E-state index in [-0.39, 0.29) is 6.04 Å².